The lowest BCUT2D eigenvalue weighted by Crippen LogP contribution is -2.16. The van der Waals surface area contributed by atoms with E-state index in [0.29, 0.717) is 29.1 Å². The molecular weight excluding hydrogens is 410 g/mol. The van der Waals surface area contributed by atoms with E-state index in [9.17, 15) is 14.9 Å². The van der Waals surface area contributed by atoms with E-state index in [1.807, 2.05) is 31.3 Å². The summed E-state index contributed by atoms with van der Waals surface area (Å²) in [5.74, 6) is -0.212. The van der Waals surface area contributed by atoms with Crippen molar-refractivity contribution in [2.45, 2.75) is 19.8 Å². The molecule has 1 amide bonds. The van der Waals surface area contributed by atoms with Crippen LogP contribution in [0.15, 0.2) is 51.8 Å². The first-order chi connectivity index (χ1) is 15.5. The highest BCUT2D eigenvalue weighted by Crippen LogP contribution is 2.28. The fraction of sp³-hybridized carbons (Fsp3) is 0.217. The van der Waals surface area contributed by atoms with Crippen molar-refractivity contribution in [1.29, 1.82) is 5.26 Å². The second-order valence-electron chi connectivity index (χ2n) is 7.28. The minimum atomic E-state index is -0.731. The molecule has 0 aliphatic rings. The van der Waals surface area contributed by atoms with Crippen LogP contribution >= 0.6 is 0 Å². The molecule has 2 heterocycles. The average Bonchev–Trinajstić information content (AvgIpc) is 3.37. The van der Waals surface area contributed by atoms with Crippen LogP contribution in [0.3, 0.4) is 0 Å². The Morgan fingerprint density at radius 3 is 2.84 bits per heavy atom. The van der Waals surface area contributed by atoms with Gasteiger partial charge in [-0.05, 0) is 42.8 Å². The van der Waals surface area contributed by atoms with Crippen LogP contribution < -0.4 is 15.8 Å². The summed E-state index contributed by atoms with van der Waals surface area (Å²) in [4.78, 5) is 26.9. The van der Waals surface area contributed by atoms with Crippen LogP contribution in [0.2, 0.25) is 0 Å². The SMILES string of the molecule is CCCCOc1ccc2cc(C(=O)Nc3ccc(C#N)cc3-c3noc(=O)[nH]3)n(C)c2c1. The number of rotatable bonds is 7. The van der Waals surface area contributed by atoms with Crippen molar-refractivity contribution in [1.82, 2.24) is 14.7 Å². The molecular formula is C23H21N5O4. The maximum Gasteiger partial charge on any atom is 0.439 e. The second-order valence-corrected chi connectivity index (χ2v) is 7.28. The number of nitrogens with zero attached hydrogens (tertiary/aromatic N) is 3. The van der Waals surface area contributed by atoms with Gasteiger partial charge in [0, 0.05) is 24.1 Å². The molecule has 2 aromatic heterocycles. The number of nitriles is 1. The van der Waals surface area contributed by atoms with Crippen LogP contribution in [0.4, 0.5) is 5.69 Å². The van der Waals surface area contributed by atoms with Gasteiger partial charge in [-0.1, -0.05) is 18.5 Å². The van der Waals surface area contributed by atoms with Crippen LogP contribution in [-0.2, 0) is 7.05 Å². The maximum atomic E-state index is 13.1. The number of aromatic nitrogens is 3. The Hall–Kier alpha value is -4.32. The van der Waals surface area contributed by atoms with Gasteiger partial charge < -0.3 is 14.6 Å². The molecule has 0 bridgehead atoms. The van der Waals surface area contributed by atoms with Crippen molar-refractivity contribution >= 4 is 22.5 Å². The molecule has 9 nitrogen and oxygen atoms in total. The van der Waals surface area contributed by atoms with Gasteiger partial charge in [0.05, 0.1) is 29.4 Å². The molecule has 0 radical (unpaired) electrons. The summed E-state index contributed by atoms with van der Waals surface area (Å²) in [5.41, 5.74) is 2.41. The summed E-state index contributed by atoms with van der Waals surface area (Å²) in [6, 6.07) is 14.2. The van der Waals surface area contributed by atoms with Gasteiger partial charge in [-0.2, -0.15) is 5.26 Å². The van der Waals surface area contributed by atoms with Crippen LogP contribution in [0.5, 0.6) is 5.75 Å². The third-order valence-corrected chi connectivity index (χ3v) is 5.11. The summed E-state index contributed by atoms with van der Waals surface area (Å²) in [6.45, 7) is 2.75. The van der Waals surface area contributed by atoms with Gasteiger partial charge in [-0.15, -0.1) is 0 Å². The first kappa shape index (κ1) is 20.9. The zero-order chi connectivity index (χ0) is 22.7. The standard InChI is InChI=1S/C23H21N5O4/c1-3-4-9-31-16-7-6-15-11-20(28(2)19(15)12-16)22(29)25-18-8-5-14(13-24)10-17(18)21-26-23(30)32-27-21/h5-8,10-12H,3-4,9H2,1-2H3,(H,25,29)(H,26,27,30). The smallest absolute Gasteiger partial charge is 0.439 e. The number of unbranched alkanes of at least 4 members (excludes halogenated alkanes) is 1. The van der Waals surface area contributed by atoms with Crippen molar-refractivity contribution in [3.63, 3.8) is 0 Å². The number of aryl methyl sites for hydroxylation is 1. The van der Waals surface area contributed by atoms with Crippen molar-refractivity contribution in [3.8, 4) is 23.2 Å². The maximum absolute atomic E-state index is 13.1. The quantitative estimate of drug-likeness (QED) is 0.428. The summed E-state index contributed by atoms with van der Waals surface area (Å²) in [6.07, 6.45) is 2.03. The molecule has 2 N–H and O–H groups in total. The van der Waals surface area contributed by atoms with E-state index in [-0.39, 0.29) is 11.7 Å². The number of anilines is 1. The molecule has 2 aromatic carbocycles. The first-order valence-electron chi connectivity index (χ1n) is 10.1. The molecule has 0 unspecified atom stereocenters. The van der Waals surface area contributed by atoms with Crippen LogP contribution in [0.25, 0.3) is 22.3 Å². The van der Waals surface area contributed by atoms with Crippen molar-refractivity contribution in [2.75, 3.05) is 11.9 Å². The van der Waals surface area contributed by atoms with Crippen LogP contribution in [0, 0.1) is 11.3 Å². The Bertz CT molecular complexity index is 1390. The molecule has 0 aliphatic heterocycles. The Morgan fingerprint density at radius 1 is 1.28 bits per heavy atom. The van der Waals surface area contributed by atoms with Crippen molar-refractivity contribution in [2.24, 2.45) is 7.05 Å². The minimum absolute atomic E-state index is 0.119. The molecule has 162 valence electrons. The Kier molecular flexibility index (Phi) is 5.77. The Balaban J connectivity index is 1.65. The summed E-state index contributed by atoms with van der Waals surface area (Å²) in [5, 5.41) is 16.6. The molecule has 0 spiro atoms. The number of ether oxygens (including phenoxy) is 1. The Morgan fingerprint density at radius 2 is 2.12 bits per heavy atom. The molecule has 0 fully saturated rings. The number of hydrogen-bond acceptors (Lipinski definition) is 6. The van der Waals surface area contributed by atoms with Crippen molar-refractivity contribution < 1.29 is 14.1 Å². The minimum Gasteiger partial charge on any atom is -0.494 e. The predicted octanol–water partition coefficient (Wildman–Crippen LogP) is 3.82. The van der Waals surface area contributed by atoms with E-state index < -0.39 is 5.76 Å². The van der Waals surface area contributed by atoms with E-state index in [2.05, 4.69) is 26.9 Å². The summed E-state index contributed by atoms with van der Waals surface area (Å²) >= 11 is 0. The Labute approximate surface area is 183 Å². The lowest BCUT2D eigenvalue weighted by molar-refractivity contribution is 0.101. The van der Waals surface area contributed by atoms with Gasteiger partial charge in [0.25, 0.3) is 5.91 Å². The first-order valence-corrected chi connectivity index (χ1v) is 10.1. The molecule has 0 aliphatic carbocycles. The normalized spacial score (nSPS) is 10.8. The summed E-state index contributed by atoms with van der Waals surface area (Å²) < 4.78 is 12.1. The molecule has 4 aromatic rings. The van der Waals surface area contributed by atoms with E-state index in [1.54, 1.807) is 22.8 Å². The number of amides is 1. The van der Waals surface area contributed by atoms with Gasteiger partial charge in [0.15, 0.2) is 5.82 Å². The number of aromatic amines is 1. The van der Waals surface area contributed by atoms with Gasteiger partial charge in [-0.3, -0.25) is 14.3 Å². The van der Waals surface area contributed by atoms with Crippen molar-refractivity contribution in [3.05, 3.63) is 64.3 Å². The predicted molar refractivity (Wildman–Crippen MR) is 119 cm³/mol. The fourth-order valence-electron chi connectivity index (χ4n) is 3.40. The largest absolute Gasteiger partial charge is 0.494 e. The van der Waals surface area contributed by atoms with Gasteiger partial charge >= 0.3 is 5.76 Å². The van der Waals surface area contributed by atoms with E-state index >= 15 is 0 Å². The lowest BCUT2D eigenvalue weighted by atomic mass is 10.1. The van der Waals surface area contributed by atoms with E-state index in [1.165, 1.54) is 6.07 Å². The molecule has 0 atom stereocenters. The average molecular weight is 431 g/mol. The highest BCUT2D eigenvalue weighted by Gasteiger charge is 2.18. The number of carbonyl (C=O) groups is 1. The van der Waals surface area contributed by atoms with E-state index in [0.717, 1.165) is 29.5 Å². The molecule has 9 heteroatoms. The van der Waals surface area contributed by atoms with Gasteiger partial charge in [-0.25, -0.2) is 4.79 Å². The fourth-order valence-corrected chi connectivity index (χ4v) is 3.40. The van der Waals surface area contributed by atoms with Crippen LogP contribution in [-0.4, -0.2) is 27.2 Å². The number of H-pyrrole nitrogens is 1. The van der Waals surface area contributed by atoms with Crippen LogP contribution in [0.1, 0.15) is 35.8 Å². The number of nitrogens with one attached hydrogen (secondary N) is 2. The zero-order valence-electron chi connectivity index (χ0n) is 17.6. The summed E-state index contributed by atoms with van der Waals surface area (Å²) in [7, 11) is 1.81. The molecule has 4 rings (SSSR count). The molecule has 0 saturated heterocycles. The molecule has 32 heavy (non-hydrogen) atoms. The third-order valence-electron chi connectivity index (χ3n) is 5.11. The topological polar surface area (TPSA) is 126 Å². The van der Waals surface area contributed by atoms with Gasteiger partial charge in [0.1, 0.15) is 11.4 Å². The number of benzene rings is 2. The lowest BCUT2D eigenvalue weighted by Gasteiger charge is -2.10. The highest BCUT2D eigenvalue weighted by atomic mass is 16.5. The monoisotopic (exact) mass is 431 g/mol. The number of hydrogen-bond donors (Lipinski definition) is 2. The second kappa shape index (κ2) is 8.81. The van der Waals surface area contributed by atoms with Gasteiger partial charge in [0.2, 0.25) is 0 Å². The zero-order valence-corrected chi connectivity index (χ0v) is 17.6. The number of fused-ring (bicyclic) bond motifs is 1. The van der Waals surface area contributed by atoms with E-state index in [4.69, 9.17) is 4.74 Å². The molecule has 0 saturated carbocycles. The third kappa shape index (κ3) is 4.11. The highest BCUT2D eigenvalue weighted by molar-refractivity contribution is 6.08. The number of carbonyl (C=O) groups excluding carboxylic acids is 1.